The van der Waals surface area contributed by atoms with Crippen molar-refractivity contribution in [3.8, 4) is 0 Å². The zero-order chi connectivity index (χ0) is 21.7. The summed E-state index contributed by atoms with van der Waals surface area (Å²) in [6.45, 7) is 21.0. The maximum absolute atomic E-state index is 10.4. The van der Waals surface area contributed by atoms with Gasteiger partial charge in [-0.05, 0) is 30.7 Å². The summed E-state index contributed by atoms with van der Waals surface area (Å²) in [5.74, 6) is -0.0805. The van der Waals surface area contributed by atoms with E-state index in [1.165, 1.54) is 38.5 Å². The smallest absolute Gasteiger partial charge is 0.264 e. The van der Waals surface area contributed by atoms with Gasteiger partial charge in [0, 0.05) is 0 Å². The Bertz CT molecular complexity index is 466. The van der Waals surface area contributed by atoms with Gasteiger partial charge in [-0.1, -0.05) is 84.6 Å². The number of rotatable bonds is 18. The predicted molar refractivity (Wildman–Crippen MR) is 124 cm³/mol. The Balaban J connectivity index is 0. The molecule has 0 aliphatic carbocycles. The Morgan fingerprint density at radius 2 is 1.00 bits per heavy atom. The summed E-state index contributed by atoms with van der Waals surface area (Å²) in [7, 11) is -3.73. The van der Waals surface area contributed by atoms with Gasteiger partial charge in [-0.3, -0.25) is 4.55 Å². The summed E-state index contributed by atoms with van der Waals surface area (Å²) in [6.07, 6.45) is 18.0. The Morgan fingerprint density at radius 1 is 0.679 bits per heavy atom. The molecule has 0 amide bonds. The van der Waals surface area contributed by atoms with E-state index in [4.69, 9.17) is 4.55 Å². The highest BCUT2D eigenvalue weighted by molar-refractivity contribution is 7.85. The molecule has 0 heterocycles. The number of unbranched alkanes of at least 4 members (excludes halogenated alkanes) is 8. The highest BCUT2D eigenvalue weighted by Gasteiger charge is 2.20. The van der Waals surface area contributed by atoms with Crippen LogP contribution in [0.1, 0.15) is 64.7 Å². The van der Waals surface area contributed by atoms with Crippen LogP contribution in [0.2, 0.25) is 0 Å². The van der Waals surface area contributed by atoms with Crippen molar-refractivity contribution in [3.63, 3.8) is 0 Å². The van der Waals surface area contributed by atoms with Crippen molar-refractivity contribution < 1.29 is 17.5 Å². The second kappa shape index (κ2) is 19.2. The molecule has 0 aliphatic rings. The average molecular weight is 415 g/mol. The Labute approximate surface area is 175 Å². The number of quaternary nitrogens is 1. The van der Waals surface area contributed by atoms with Gasteiger partial charge in [-0.2, -0.15) is 8.42 Å². The normalized spacial score (nSPS) is 11.2. The fourth-order valence-electron chi connectivity index (χ4n) is 3.14. The summed E-state index contributed by atoms with van der Waals surface area (Å²) in [4.78, 5) is 0. The van der Waals surface area contributed by atoms with Gasteiger partial charge in [0.2, 0.25) is 0 Å². The number of nitrogens with zero attached hydrogens (tertiary/aromatic N) is 1. The van der Waals surface area contributed by atoms with E-state index in [1.54, 1.807) is 0 Å². The third-order valence-electron chi connectivity index (χ3n) is 4.57. The third kappa shape index (κ3) is 19.6. The molecule has 0 aromatic rings. The molecule has 0 aliphatic heterocycles. The molecule has 0 unspecified atom stereocenters. The summed E-state index contributed by atoms with van der Waals surface area (Å²) in [5, 5.41) is 0. The van der Waals surface area contributed by atoms with Gasteiger partial charge >= 0.3 is 0 Å². The van der Waals surface area contributed by atoms with Crippen LogP contribution in [0.4, 0.5) is 0 Å². The van der Waals surface area contributed by atoms with E-state index in [-0.39, 0.29) is 5.75 Å². The first-order valence-electron chi connectivity index (χ1n) is 10.5. The van der Waals surface area contributed by atoms with Gasteiger partial charge in [-0.15, -0.1) is 0 Å². The second-order valence-corrected chi connectivity index (χ2v) is 8.91. The van der Waals surface area contributed by atoms with Gasteiger partial charge in [0.15, 0.2) is 0 Å². The molecule has 0 spiro atoms. The van der Waals surface area contributed by atoms with Crippen LogP contribution in [0.3, 0.4) is 0 Å². The maximum Gasteiger partial charge on any atom is 0.264 e. The fourth-order valence-corrected chi connectivity index (χ4v) is 3.71. The topological polar surface area (TPSA) is 54.4 Å². The average Bonchev–Trinajstić information content (AvgIpc) is 2.61. The minimum atomic E-state index is -3.73. The lowest BCUT2D eigenvalue weighted by molar-refractivity contribution is -0.906. The van der Waals surface area contributed by atoms with Gasteiger partial charge in [0.25, 0.3) is 10.1 Å². The molecule has 0 saturated heterocycles. The molecule has 1 N–H and O–H groups in total. The molecular weight excluding hydrogens is 370 g/mol. The summed E-state index contributed by atoms with van der Waals surface area (Å²) in [5.41, 5.74) is 0. The lowest BCUT2D eigenvalue weighted by Crippen LogP contribution is -2.48. The summed E-state index contributed by atoms with van der Waals surface area (Å²) < 4.78 is 30.2. The van der Waals surface area contributed by atoms with Gasteiger partial charge in [-0.25, -0.2) is 0 Å². The fraction of sp³-hybridized carbons (Fsp3) is 0.652. The van der Waals surface area contributed by atoms with E-state index in [0.29, 0.717) is 6.42 Å². The Kier molecular flexibility index (Phi) is 19.9. The van der Waals surface area contributed by atoms with E-state index in [9.17, 15) is 8.42 Å². The van der Waals surface area contributed by atoms with Crippen molar-refractivity contribution in [2.24, 2.45) is 0 Å². The SMILES string of the molecule is C=CC[N+](CC=C)(CC=C)CC=C.CCCCCCCCCCCS(=O)(=O)O. The van der Waals surface area contributed by atoms with Crippen LogP contribution in [0.5, 0.6) is 0 Å². The highest BCUT2D eigenvalue weighted by atomic mass is 32.2. The first-order chi connectivity index (χ1) is 13.3. The van der Waals surface area contributed by atoms with Crippen molar-refractivity contribution in [2.75, 3.05) is 31.9 Å². The second-order valence-electron chi connectivity index (χ2n) is 7.34. The van der Waals surface area contributed by atoms with Gasteiger partial charge in [0.1, 0.15) is 0 Å². The van der Waals surface area contributed by atoms with E-state index < -0.39 is 10.1 Å². The quantitative estimate of drug-likeness (QED) is 0.130. The minimum Gasteiger partial charge on any atom is -0.311 e. The molecule has 0 radical (unpaired) electrons. The van der Waals surface area contributed by atoms with Crippen LogP contribution in [0, 0.1) is 0 Å². The van der Waals surface area contributed by atoms with Crippen LogP contribution in [0.15, 0.2) is 50.6 Å². The molecule has 164 valence electrons. The van der Waals surface area contributed by atoms with E-state index >= 15 is 0 Å². The van der Waals surface area contributed by atoms with Crippen LogP contribution >= 0.6 is 0 Å². The molecule has 0 fully saturated rings. The highest BCUT2D eigenvalue weighted by Crippen LogP contribution is 2.10. The molecule has 0 bridgehead atoms. The monoisotopic (exact) mass is 414 g/mol. The van der Waals surface area contributed by atoms with Crippen molar-refractivity contribution >= 4 is 10.1 Å². The predicted octanol–water partition coefficient (Wildman–Crippen LogP) is 5.95. The van der Waals surface area contributed by atoms with E-state index in [0.717, 1.165) is 43.5 Å². The summed E-state index contributed by atoms with van der Waals surface area (Å²) >= 11 is 0. The first-order valence-corrected chi connectivity index (χ1v) is 12.2. The molecule has 5 heteroatoms. The van der Waals surface area contributed by atoms with Crippen LogP contribution in [0.25, 0.3) is 0 Å². The van der Waals surface area contributed by atoms with Crippen molar-refractivity contribution in [2.45, 2.75) is 64.7 Å². The maximum atomic E-state index is 10.4. The molecule has 0 aromatic heterocycles. The first kappa shape index (κ1) is 29.0. The minimum absolute atomic E-state index is 0.0805. The molecular formula is C23H44NO3S+. The van der Waals surface area contributed by atoms with E-state index in [2.05, 4.69) is 33.2 Å². The van der Waals surface area contributed by atoms with E-state index in [1.807, 2.05) is 24.3 Å². The Morgan fingerprint density at radius 3 is 1.29 bits per heavy atom. The number of hydrogen-bond donors (Lipinski definition) is 1. The number of hydrogen-bond acceptors (Lipinski definition) is 2. The molecule has 0 rings (SSSR count). The third-order valence-corrected chi connectivity index (χ3v) is 5.38. The lowest BCUT2D eigenvalue weighted by atomic mass is 10.1. The van der Waals surface area contributed by atoms with Gasteiger partial charge < -0.3 is 4.48 Å². The van der Waals surface area contributed by atoms with Crippen LogP contribution in [-0.2, 0) is 10.1 Å². The van der Waals surface area contributed by atoms with Crippen LogP contribution < -0.4 is 0 Å². The zero-order valence-corrected chi connectivity index (χ0v) is 19.0. The van der Waals surface area contributed by atoms with Crippen molar-refractivity contribution in [3.05, 3.63) is 50.6 Å². The van der Waals surface area contributed by atoms with Crippen molar-refractivity contribution in [1.29, 1.82) is 0 Å². The van der Waals surface area contributed by atoms with Gasteiger partial charge in [0.05, 0.1) is 31.9 Å². The van der Waals surface area contributed by atoms with Crippen molar-refractivity contribution in [1.82, 2.24) is 0 Å². The largest absolute Gasteiger partial charge is 0.311 e. The lowest BCUT2D eigenvalue weighted by Gasteiger charge is -2.35. The van der Waals surface area contributed by atoms with Crippen LogP contribution in [-0.4, -0.2) is 49.4 Å². The standard InChI is InChI=1S/C12H20N.C11H24O3S/c1-5-9-13(10-6-2,11-7-3)12-8-4;1-2-3-4-5-6-7-8-9-10-11-15(12,13)14/h5-8H,1-4,9-12H2;2-11H2,1H3,(H,12,13,14)/q+1;. The molecule has 0 saturated carbocycles. The molecule has 0 aromatic carbocycles. The summed E-state index contributed by atoms with van der Waals surface area (Å²) in [6, 6.07) is 0. The molecule has 4 nitrogen and oxygen atoms in total. The zero-order valence-electron chi connectivity index (χ0n) is 18.2. The molecule has 0 atom stereocenters. The molecule has 28 heavy (non-hydrogen) atoms. The Hall–Kier alpha value is -1.17.